The number of benzene rings is 7. The Kier molecular flexibility index (Phi) is 8.49. The fraction of sp³-hybridized carbons (Fsp3) is 0.0545. The molecule has 0 aliphatic heterocycles. The first-order valence-electron chi connectivity index (χ1n) is 20.4. The molecule has 7 aromatic carbocycles. The van der Waals surface area contributed by atoms with Crippen LogP contribution in [-0.2, 0) is 26.5 Å². The number of para-hydroxylation sites is 2. The van der Waals surface area contributed by atoms with Gasteiger partial charge in [0.05, 0.1) is 33.5 Å². The minimum atomic E-state index is -0.642. The van der Waals surface area contributed by atoms with E-state index in [0.717, 1.165) is 66.8 Å². The van der Waals surface area contributed by atoms with Crippen molar-refractivity contribution < 1.29 is 26.2 Å². The molecule has 0 unspecified atom stereocenters. The molecule has 1 N–H and O–H groups in total. The van der Waals surface area contributed by atoms with Gasteiger partial charge < -0.3 is 19.6 Å². The summed E-state index contributed by atoms with van der Waals surface area (Å²) in [6.07, 6.45) is 1.82. The number of aromatic hydroxyl groups is 1. The third-order valence-electron chi connectivity index (χ3n) is 12.7. The average molecular weight is 965 g/mol. The minimum Gasteiger partial charge on any atom is -0.507 e. The van der Waals surface area contributed by atoms with E-state index in [-0.39, 0.29) is 26.8 Å². The number of anilines is 3. The van der Waals surface area contributed by atoms with E-state index in [2.05, 4.69) is 175 Å². The second-order valence-electron chi connectivity index (χ2n) is 15.9. The fourth-order valence-electron chi connectivity index (χ4n) is 10.3. The Morgan fingerprint density at radius 2 is 1.25 bits per heavy atom. The van der Waals surface area contributed by atoms with Crippen LogP contribution < -0.4 is 4.90 Å². The van der Waals surface area contributed by atoms with E-state index in [0.29, 0.717) is 5.82 Å². The van der Waals surface area contributed by atoms with Crippen LogP contribution in [0.1, 0.15) is 33.4 Å². The van der Waals surface area contributed by atoms with E-state index in [1.807, 2.05) is 30.5 Å². The van der Waals surface area contributed by atoms with Gasteiger partial charge in [-0.3, -0.25) is 0 Å². The second-order valence-corrected chi connectivity index (χ2v) is 15.9. The van der Waals surface area contributed by atoms with Gasteiger partial charge >= 0.3 is 0 Å². The van der Waals surface area contributed by atoms with Crippen LogP contribution >= 0.6 is 0 Å². The molecule has 2 aliphatic rings. The Hall–Kier alpha value is -7.07. The molecule has 294 valence electrons. The molecule has 5 nitrogen and oxygen atoms in total. The molecule has 6 heteroatoms. The summed E-state index contributed by atoms with van der Waals surface area (Å²) in [5, 5.41) is 14.1. The predicted molar refractivity (Wildman–Crippen MR) is 243 cm³/mol. The molecule has 0 bridgehead atoms. The van der Waals surface area contributed by atoms with Crippen molar-refractivity contribution in [3.8, 4) is 45.1 Å². The van der Waals surface area contributed by atoms with Gasteiger partial charge in [-0.25, -0.2) is 4.98 Å². The van der Waals surface area contributed by atoms with Crippen molar-refractivity contribution in [1.29, 1.82) is 0 Å². The van der Waals surface area contributed by atoms with E-state index in [1.165, 1.54) is 39.1 Å². The molecule has 0 saturated carbocycles. The topological polar surface area (TPSA) is 54.2 Å². The number of hydrogen-bond acceptors (Lipinski definition) is 4. The van der Waals surface area contributed by atoms with Gasteiger partial charge in [0.2, 0.25) is 0 Å². The minimum absolute atomic E-state index is 0. The van der Waals surface area contributed by atoms with Gasteiger partial charge in [0.15, 0.2) is 0 Å². The fourth-order valence-corrected chi connectivity index (χ4v) is 10.3. The number of phenolic OH excluding ortho intramolecular Hbond substituents is 1. The standard InChI is InChI=1S/C55H37N4O.Pt/c1-34-15-11-16-35(2)54(34)59-46-26-8-5-21-40(46)51-47(27-14-28-48(51)59)58(37-18-12-17-36(33-37)45-25-9-10-32-56-45)50-31-30-44-53(57-50)52-43(24-13-29-49(52)60)55(44)41-22-6-3-19-38(41)39-20-4-7-23-42(39)55;/h3-32,60H,1-2H3;/q-1;. The van der Waals surface area contributed by atoms with Crippen LogP contribution in [0.25, 0.3) is 61.1 Å². The Morgan fingerprint density at radius 1 is 0.590 bits per heavy atom. The molecule has 1 spiro atoms. The smallest absolute Gasteiger partial charge is 0.136 e. The zero-order chi connectivity index (χ0) is 40.1. The molecule has 0 atom stereocenters. The molecule has 0 saturated heterocycles. The number of hydrogen-bond donors (Lipinski definition) is 1. The first kappa shape index (κ1) is 37.0. The normalized spacial score (nSPS) is 12.8. The molecule has 61 heavy (non-hydrogen) atoms. The molecule has 0 amide bonds. The summed E-state index contributed by atoms with van der Waals surface area (Å²) in [5.41, 5.74) is 17.1. The molecular formula is C55H37N4OPt-. The summed E-state index contributed by atoms with van der Waals surface area (Å²) >= 11 is 0. The maximum absolute atomic E-state index is 11.9. The van der Waals surface area contributed by atoms with Crippen LogP contribution in [-0.4, -0.2) is 19.6 Å². The van der Waals surface area contributed by atoms with Crippen molar-refractivity contribution >= 4 is 39.0 Å². The number of fused-ring (bicyclic) bond motifs is 13. The Balaban J connectivity index is 0.00000420. The number of nitrogens with zero attached hydrogens (tertiary/aromatic N) is 4. The summed E-state index contributed by atoms with van der Waals surface area (Å²) in [6, 6.07) is 65.4. The van der Waals surface area contributed by atoms with Crippen LogP contribution in [0.5, 0.6) is 5.75 Å². The molecule has 12 rings (SSSR count). The van der Waals surface area contributed by atoms with Crippen LogP contribution in [0.4, 0.5) is 17.2 Å². The van der Waals surface area contributed by atoms with E-state index >= 15 is 0 Å². The monoisotopic (exact) mass is 964 g/mol. The largest absolute Gasteiger partial charge is 0.507 e. The predicted octanol–water partition coefficient (Wildman–Crippen LogP) is 13.2. The maximum atomic E-state index is 11.9. The third-order valence-corrected chi connectivity index (χ3v) is 12.7. The average Bonchev–Trinajstić information content (AvgIpc) is 3.89. The van der Waals surface area contributed by atoms with Gasteiger partial charge in [0.1, 0.15) is 11.6 Å². The Labute approximate surface area is 368 Å². The summed E-state index contributed by atoms with van der Waals surface area (Å²) < 4.78 is 2.41. The molecule has 0 fully saturated rings. The number of phenols is 1. The summed E-state index contributed by atoms with van der Waals surface area (Å²) in [7, 11) is 0. The Morgan fingerprint density at radius 3 is 2.02 bits per heavy atom. The van der Waals surface area contributed by atoms with Crippen molar-refractivity contribution in [2.24, 2.45) is 0 Å². The van der Waals surface area contributed by atoms with Crippen LogP contribution in [0.2, 0.25) is 0 Å². The molecule has 3 heterocycles. The molecule has 3 aromatic heterocycles. The quantitative estimate of drug-likeness (QED) is 0.175. The van der Waals surface area contributed by atoms with Crippen molar-refractivity contribution in [3.63, 3.8) is 0 Å². The van der Waals surface area contributed by atoms with Gasteiger partial charge in [-0.05, 0) is 106 Å². The third kappa shape index (κ3) is 5.17. The second kappa shape index (κ2) is 14.0. The van der Waals surface area contributed by atoms with Crippen molar-refractivity contribution in [2.75, 3.05) is 4.90 Å². The SMILES string of the molecule is Cc1cccc(C)c1-n1c2ccccc2c2c(N(c3[c-]c(-c4ccccn4)ccc3)c3ccc4c(n3)-c3c(O)cccc3C43c4ccccc4-c4ccccc43)cccc21.[Pt]. The number of pyridine rings is 2. The Bertz CT molecular complexity index is 3320. The van der Waals surface area contributed by atoms with Crippen molar-refractivity contribution in [1.82, 2.24) is 14.5 Å². The summed E-state index contributed by atoms with van der Waals surface area (Å²) in [5.74, 6) is 0.927. The molecule has 2 aliphatic carbocycles. The molecule has 0 radical (unpaired) electrons. The number of aromatic nitrogens is 3. The van der Waals surface area contributed by atoms with E-state index in [4.69, 9.17) is 9.97 Å². The molecule has 10 aromatic rings. The maximum Gasteiger partial charge on any atom is 0.136 e. The first-order chi connectivity index (χ1) is 29.5. The molecular weight excluding hydrogens is 928 g/mol. The van der Waals surface area contributed by atoms with E-state index in [1.54, 1.807) is 6.07 Å². The van der Waals surface area contributed by atoms with Crippen molar-refractivity contribution in [2.45, 2.75) is 19.3 Å². The van der Waals surface area contributed by atoms with Gasteiger partial charge in [0, 0.05) is 43.6 Å². The number of aryl methyl sites for hydroxylation is 2. The van der Waals surface area contributed by atoms with Crippen LogP contribution in [0, 0.1) is 19.9 Å². The van der Waals surface area contributed by atoms with E-state index in [9.17, 15) is 5.11 Å². The summed E-state index contributed by atoms with van der Waals surface area (Å²) in [6.45, 7) is 4.37. The van der Waals surface area contributed by atoms with Gasteiger partial charge in [-0.15, -0.1) is 29.8 Å². The first-order valence-corrected chi connectivity index (χ1v) is 20.4. The van der Waals surface area contributed by atoms with Crippen molar-refractivity contribution in [3.05, 3.63) is 222 Å². The van der Waals surface area contributed by atoms with Gasteiger partial charge in [-0.2, -0.15) is 0 Å². The van der Waals surface area contributed by atoms with Crippen LogP contribution in [0.15, 0.2) is 182 Å². The zero-order valence-electron chi connectivity index (χ0n) is 33.4. The van der Waals surface area contributed by atoms with Gasteiger partial charge in [-0.1, -0.05) is 121 Å². The summed E-state index contributed by atoms with van der Waals surface area (Å²) in [4.78, 5) is 12.6. The van der Waals surface area contributed by atoms with E-state index < -0.39 is 5.41 Å². The number of rotatable bonds is 5. The van der Waals surface area contributed by atoms with Crippen LogP contribution in [0.3, 0.4) is 0 Å². The zero-order valence-corrected chi connectivity index (χ0v) is 35.6. The van der Waals surface area contributed by atoms with Gasteiger partial charge in [0.25, 0.3) is 0 Å².